The van der Waals surface area contributed by atoms with Crippen LogP contribution >= 0.6 is 0 Å². The molecule has 0 aromatic heterocycles. The van der Waals surface area contributed by atoms with Gasteiger partial charge in [0, 0.05) is 18.3 Å². The fraction of sp³-hybridized carbons (Fsp3) is 0.700. The van der Waals surface area contributed by atoms with Gasteiger partial charge >= 0.3 is 5.97 Å². The molecule has 2 unspecified atom stereocenters. The summed E-state index contributed by atoms with van der Waals surface area (Å²) in [5.74, 6) is -1.19. The van der Waals surface area contributed by atoms with Crippen LogP contribution < -0.4 is 0 Å². The molecular formula is C10H13NO3. The molecule has 0 aliphatic heterocycles. The van der Waals surface area contributed by atoms with Crippen molar-refractivity contribution < 1.29 is 14.7 Å². The topological polar surface area (TPSA) is 78.2 Å². The van der Waals surface area contributed by atoms with E-state index in [-0.39, 0.29) is 24.5 Å². The van der Waals surface area contributed by atoms with Gasteiger partial charge in [-0.1, -0.05) is 6.92 Å². The normalized spacial score (nSPS) is 31.4. The zero-order valence-electron chi connectivity index (χ0n) is 8.12. The van der Waals surface area contributed by atoms with E-state index in [0.29, 0.717) is 12.8 Å². The number of carboxylic acids is 1. The van der Waals surface area contributed by atoms with Crippen molar-refractivity contribution >= 4 is 11.8 Å². The van der Waals surface area contributed by atoms with E-state index < -0.39 is 11.4 Å². The van der Waals surface area contributed by atoms with Crippen molar-refractivity contribution in [3.8, 4) is 6.07 Å². The van der Waals surface area contributed by atoms with Crippen LogP contribution in [-0.2, 0) is 9.59 Å². The quantitative estimate of drug-likeness (QED) is 0.737. The summed E-state index contributed by atoms with van der Waals surface area (Å²) >= 11 is 0. The number of hydrogen-bond acceptors (Lipinski definition) is 3. The van der Waals surface area contributed by atoms with Crippen LogP contribution in [0.5, 0.6) is 0 Å². The van der Waals surface area contributed by atoms with Crippen molar-refractivity contribution in [2.75, 3.05) is 0 Å². The van der Waals surface area contributed by atoms with Gasteiger partial charge in [0.2, 0.25) is 0 Å². The summed E-state index contributed by atoms with van der Waals surface area (Å²) in [5, 5.41) is 17.4. The van der Waals surface area contributed by atoms with Gasteiger partial charge in [-0.3, -0.25) is 9.59 Å². The first-order valence-corrected chi connectivity index (χ1v) is 4.65. The molecule has 1 rings (SSSR count). The van der Waals surface area contributed by atoms with E-state index in [4.69, 9.17) is 10.4 Å². The van der Waals surface area contributed by atoms with Crippen molar-refractivity contribution in [2.24, 2.45) is 11.3 Å². The van der Waals surface area contributed by atoms with Crippen molar-refractivity contribution in [1.29, 1.82) is 5.26 Å². The molecule has 0 aromatic rings. The Morgan fingerprint density at radius 3 is 2.93 bits per heavy atom. The van der Waals surface area contributed by atoms with Gasteiger partial charge in [0.05, 0.1) is 12.0 Å². The number of carbonyl (C=O) groups excluding carboxylic acids is 1. The van der Waals surface area contributed by atoms with Crippen LogP contribution in [0.3, 0.4) is 0 Å². The molecule has 2 atom stereocenters. The SMILES string of the molecule is CC1(CCC(=O)O)C(=O)CCC1C#N. The number of nitrogens with zero attached hydrogens (tertiary/aromatic N) is 1. The van der Waals surface area contributed by atoms with Crippen LogP contribution in [0, 0.1) is 22.7 Å². The van der Waals surface area contributed by atoms with Gasteiger partial charge in [0.15, 0.2) is 0 Å². The molecule has 1 fully saturated rings. The zero-order valence-corrected chi connectivity index (χ0v) is 8.12. The van der Waals surface area contributed by atoms with Gasteiger partial charge in [-0.15, -0.1) is 0 Å². The second kappa shape index (κ2) is 3.79. The summed E-state index contributed by atoms with van der Waals surface area (Å²) in [6.45, 7) is 1.71. The van der Waals surface area contributed by atoms with Gasteiger partial charge in [0.1, 0.15) is 5.78 Å². The van der Waals surface area contributed by atoms with Crippen molar-refractivity contribution in [1.82, 2.24) is 0 Å². The van der Waals surface area contributed by atoms with E-state index in [1.54, 1.807) is 6.92 Å². The van der Waals surface area contributed by atoms with E-state index in [1.165, 1.54) is 0 Å². The highest BCUT2D eigenvalue weighted by Crippen LogP contribution is 2.43. The fourth-order valence-electron chi connectivity index (χ4n) is 1.96. The maximum atomic E-state index is 11.5. The lowest BCUT2D eigenvalue weighted by Gasteiger charge is -2.24. The number of rotatable bonds is 3. The average Bonchev–Trinajstić information content (AvgIpc) is 2.41. The Labute approximate surface area is 82.5 Å². The zero-order chi connectivity index (χ0) is 10.8. The van der Waals surface area contributed by atoms with E-state index in [1.807, 2.05) is 0 Å². The highest BCUT2D eigenvalue weighted by Gasteiger charge is 2.45. The number of hydrogen-bond donors (Lipinski definition) is 1. The number of Topliss-reactive ketones (excluding diaryl/α,β-unsaturated/α-hetero) is 1. The maximum Gasteiger partial charge on any atom is 0.303 e. The third kappa shape index (κ3) is 1.77. The van der Waals surface area contributed by atoms with Crippen LogP contribution in [0.15, 0.2) is 0 Å². The van der Waals surface area contributed by atoms with Crippen LogP contribution in [-0.4, -0.2) is 16.9 Å². The lowest BCUT2D eigenvalue weighted by molar-refractivity contribution is -0.138. The fourth-order valence-corrected chi connectivity index (χ4v) is 1.96. The molecule has 0 amide bonds. The lowest BCUT2D eigenvalue weighted by Crippen LogP contribution is -2.29. The Hall–Kier alpha value is -1.37. The summed E-state index contributed by atoms with van der Waals surface area (Å²) in [4.78, 5) is 21.9. The Balaban J connectivity index is 2.74. The molecule has 0 bridgehead atoms. The number of carboxylic acid groups (broad SMARTS) is 1. The van der Waals surface area contributed by atoms with Crippen molar-refractivity contribution in [3.05, 3.63) is 0 Å². The smallest absolute Gasteiger partial charge is 0.303 e. The standard InChI is InChI=1S/C10H13NO3/c1-10(5-4-9(13)14)7(6-11)2-3-8(10)12/h7H,2-5H2,1H3,(H,13,14). The number of nitriles is 1. The van der Waals surface area contributed by atoms with Crippen LogP contribution in [0.2, 0.25) is 0 Å². The first-order chi connectivity index (χ1) is 6.50. The van der Waals surface area contributed by atoms with E-state index in [0.717, 1.165) is 0 Å². The molecule has 14 heavy (non-hydrogen) atoms. The average molecular weight is 195 g/mol. The molecule has 76 valence electrons. The molecule has 4 heteroatoms. The minimum atomic E-state index is -0.914. The van der Waals surface area contributed by atoms with Crippen molar-refractivity contribution in [2.45, 2.75) is 32.6 Å². The minimum absolute atomic E-state index is 0.0327. The van der Waals surface area contributed by atoms with Crippen LogP contribution in [0.1, 0.15) is 32.6 Å². The van der Waals surface area contributed by atoms with Gasteiger partial charge in [-0.05, 0) is 12.8 Å². The van der Waals surface area contributed by atoms with E-state index >= 15 is 0 Å². The molecule has 1 aliphatic carbocycles. The molecule has 0 radical (unpaired) electrons. The van der Waals surface area contributed by atoms with Gasteiger partial charge in [0.25, 0.3) is 0 Å². The number of ketones is 1. The first-order valence-electron chi connectivity index (χ1n) is 4.65. The maximum absolute atomic E-state index is 11.5. The van der Waals surface area contributed by atoms with Gasteiger partial charge < -0.3 is 5.11 Å². The second-order valence-electron chi connectivity index (χ2n) is 3.95. The largest absolute Gasteiger partial charge is 0.481 e. The number of aliphatic carboxylic acids is 1. The predicted molar refractivity (Wildman–Crippen MR) is 48.3 cm³/mol. The molecule has 0 spiro atoms. The molecule has 1 aliphatic rings. The van der Waals surface area contributed by atoms with Crippen molar-refractivity contribution in [3.63, 3.8) is 0 Å². The summed E-state index contributed by atoms with van der Waals surface area (Å²) < 4.78 is 0. The summed E-state index contributed by atoms with van der Waals surface area (Å²) in [7, 11) is 0. The Kier molecular flexibility index (Phi) is 2.90. The predicted octanol–water partition coefficient (Wildman–Crippen LogP) is 1.36. The van der Waals surface area contributed by atoms with E-state index in [9.17, 15) is 9.59 Å². The molecule has 0 saturated heterocycles. The monoisotopic (exact) mass is 195 g/mol. The highest BCUT2D eigenvalue weighted by atomic mass is 16.4. The van der Waals surface area contributed by atoms with Gasteiger partial charge in [-0.2, -0.15) is 5.26 Å². The Morgan fingerprint density at radius 2 is 2.43 bits per heavy atom. The lowest BCUT2D eigenvalue weighted by atomic mass is 9.76. The Morgan fingerprint density at radius 1 is 1.79 bits per heavy atom. The molecule has 4 nitrogen and oxygen atoms in total. The number of carbonyl (C=O) groups is 2. The summed E-state index contributed by atoms with van der Waals surface area (Å²) in [6, 6.07) is 2.09. The van der Waals surface area contributed by atoms with E-state index in [2.05, 4.69) is 6.07 Å². The van der Waals surface area contributed by atoms with Crippen LogP contribution in [0.25, 0.3) is 0 Å². The third-order valence-corrected chi connectivity index (χ3v) is 3.08. The third-order valence-electron chi connectivity index (χ3n) is 3.08. The van der Waals surface area contributed by atoms with Gasteiger partial charge in [-0.25, -0.2) is 0 Å². The summed E-state index contributed by atoms with van der Waals surface area (Å²) in [5.41, 5.74) is -0.729. The highest BCUT2D eigenvalue weighted by molar-refractivity contribution is 5.87. The molecule has 0 heterocycles. The van der Waals surface area contributed by atoms with Crippen LogP contribution in [0.4, 0.5) is 0 Å². The molecular weight excluding hydrogens is 182 g/mol. The summed E-state index contributed by atoms with van der Waals surface area (Å²) in [6.07, 6.45) is 1.22. The first kappa shape index (κ1) is 10.7. The second-order valence-corrected chi connectivity index (χ2v) is 3.95. The Bertz CT molecular complexity index is 305. The molecule has 1 N–H and O–H groups in total. The minimum Gasteiger partial charge on any atom is -0.481 e. The molecule has 1 saturated carbocycles. The molecule has 0 aromatic carbocycles.